The predicted octanol–water partition coefficient (Wildman–Crippen LogP) is 2.64. The van der Waals surface area contributed by atoms with Crippen LogP contribution in [0.1, 0.15) is 26.0 Å². The standard InChI is InChI=1S/C12H19F3N4/c1-3-19(4-2)9-5-7-16-11-17-8-6-10(18-11)12(13,14)15/h6,8H,3-5,7,9H2,1-2H3,(H,16,17,18). The molecule has 0 radical (unpaired) electrons. The number of nitrogens with zero attached hydrogens (tertiary/aromatic N) is 3. The van der Waals surface area contributed by atoms with Crippen molar-refractivity contribution in [2.45, 2.75) is 26.4 Å². The molecular weight excluding hydrogens is 257 g/mol. The maximum Gasteiger partial charge on any atom is 0.433 e. The first-order chi connectivity index (χ1) is 8.97. The van der Waals surface area contributed by atoms with Crippen molar-refractivity contribution < 1.29 is 13.2 Å². The molecule has 0 spiro atoms. The van der Waals surface area contributed by atoms with Gasteiger partial charge in [0.05, 0.1) is 0 Å². The van der Waals surface area contributed by atoms with E-state index in [1.165, 1.54) is 0 Å². The van der Waals surface area contributed by atoms with Crippen LogP contribution in [0.5, 0.6) is 0 Å². The fourth-order valence-corrected chi connectivity index (χ4v) is 1.64. The fourth-order valence-electron chi connectivity index (χ4n) is 1.64. The van der Waals surface area contributed by atoms with Gasteiger partial charge in [-0.15, -0.1) is 0 Å². The van der Waals surface area contributed by atoms with Crippen LogP contribution >= 0.6 is 0 Å². The van der Waals surface area contributed by atoms with Crippen LogP contribution in [0, 0.1) is 0 Å². The van der Waals surface area contributed by atoms with E-state index in [0.717, 1.165) is 38.3 Å². The average molecular weight is 276 g/mol. The summed E-state index contributed by atoms with van der Waals surface area (Å²) in [6.07, 6.45) is -2.48. The molecule has 0 atom stereocenters. The first-order valence-corrected chi connectivity index (χ1v) is 6.33. The maximum atomic E-state index is 12.4. The van der Waals surface area contributed by atoms with E-state index < -0.39 is 11.9 Å². The minimum absolute atomic E-state index is 0.0226. The van der Waals surface area contributed by atoms with Gasteiger partial charge in [0.15, 0.2) is 0 Å². The summed E-state index contributed by atoms with van der Waals surface area (Å²) in [5.41, 5.74) is -0.922. The lowest BCUT2D eigenvalue weighted by molar-refractivity contribution is -0.141. The quantitative estimate of drug-likeness (QED) is 0.777. The zero-order chi connectivity index (χ0) is 14.3. The first kappa shape index (κ1) is 15.7. The molecule has 0 fully saturated rings. The Hall–Kier alpha value is -1.37. The number of nitrogens with one attached hydrogen (secondary N) is 1. The van der Waals surface area contributed by atoms with Crippen LogP contribution in [0.3, 0.4) is 0 Å². The molecule has 1 heterocycles. The molecule has 1 N–H and O–H groups in total. The third kappa shape index (κ3) is 5.42. The van der Waals surface area contributed by atoms with Gasteiger partial charge < -0.3 is 10.2 Å². The van der Waals surface area contributed by atoms with Gasteiger partial charge in [0.2, 0.25) is 5.95 Å². The molecule has 0 saturated heterocycles. The number of halogens is 3. The van der Waals surface area contributed by atoms with Crippen molar-refractivity contribution in [2.24, 2.45) is 0 Å². The zero-order valence-electron chi connectivity index (χ0n) is 11.2. The highest BCUT2D eigenvalue weighted by Gasteiger charge is 2.32. The van der Waals surface area contributed by atoms with Crippen molar-refractivity contribution in [1.29, 1.82) is 0 Å². The maximum absolute atomic E-state index is 12.4. The second-order valence-electron chi connectivity index (χ2n) is 4.07. The van der Waals surface area contributed by atoms with Crippen molar-refractivity contribution in [2.75, 3.05) is 31.5 Å². The topological polar surface area (TPSA) is 41.0 Å². The highest BCUT2D eigenvalue weighted by atomic mass is 19.4. The number of hydrogen-bond acceptors (Lipinski definition) is 4. The molecule has 7 heteroatoms. The van der Waals surface area contributed by atoms with Gasteiger partial charge in [-0.3, -0.25) is 0 Å². The lowest BCUT2D eigenvalue weighted by atomic mass is 10.3. The average Bonchev–Trinajstić information content (AvgIpc) is 2.38. The lowest BCUT2D eigenvalue weighted by Gasteiger charge is -2.17. The van der Waals surface area contributed by atoms with Gasteiger partial charge in [-0.1, -0.05) is 13.8 Å². The summed E-state index contributed by atoms with van der Waals surface area (Å²) < 4.78 is 37.3. The Balaban J connectivity index is 2.42. The molecule has 19 heavy (non-hydrogen) atoms. The van der Waals surface area contributed by atoms with E-state index in [1.807, 2.05) is 0 Å². The fraction of sp³-hybridized carbons (Fsp3) is 0.667. The smallest absolute Gasteiger partial charge is 0.354 e. The van der Waals surface area contributed by atoms with E-state index in [1.54, 1.807) is 0 Å². The lowest BCUT2D eigenvalue weighted by Crippen LogP contribution is -2.25. The summed E-state index contributed by atoms with van der Waals surface area (Å²) >= 11 is 0. The molecule has 0 unspecified atom stereocenters. The van der Waals surface area contributed by atoms with Crippen molar-refractivity contribution in [1.82, 2.24) is 14.9 Å². The summed E-state index contributed by atoms with van der Waals surface area (Å²) in [4.78, 5) is 9.46. The summed E-state index contributed by atoms with van der Waals surface area (Å²) in [6, 6.07) is 0.862. The number of aromatic nitrogens is 2. The molecule has 1 aromatic rings. The van der Waals surface area contributed by atoms with Crippen LogP contribution in [0.15, 0.2) is 12.3 Å². The van der Waals surface area contributed by atoms with Crippen molar-refractivity contribution >= 4 is 5.95 Å². The predicted molar refractivity (Wildman–Crippen MR) is 67.9 cm³/mol. The van der Waals surface area contributed by atoms with Gasteiger partial charge in [0.25, 0.3) is 0 Å². The molecule has 0 saturated carbocycles. The Morgan fingerprint density at radius 3 is 2.53 bits per heavy atom. The molecule has 1 rings (SSSR count). The SMILES string of the molecule is CCN(CC)CCCNc1nccc(C(F)(F)F)n1. The van der Waals surface area contributed by atoms with Crippen molar-refractivity contribution in [3.8, 4) is 0 Å². The summed E-state index contributed by atoms with van der Waals surface area (Å²) in [7, 11) is 0. The van der Waals surface area contributed by atoms with Gasteiger partial charge in [-0.25, -0.2) is 9.97 Å². The molecule has 0 aromatic carbocycles. The largest absolute Gasteiger partial charge is 0.433 e. The van der Waals surface area contributed by atoms with Gasteiger partial charge in [-0.2, -0.15) is 13.2 Å². The Bertz CT molecular complexity index is 377. The molecule has 0 aliphatic heterocycles. The van der Waals surface area contributed by atoms with Gasteiger partial charge >= 0.3 is 6.18 Å². The van der Waals surface area contributed by atoms with Gasteiger partial charge in [0.1, 0.15) is 5.69 Å². The summed E-state index contributed by atoms with van der Waals surface area (Å²) in [5, 5.41) is 2.81. The number of hydrogen-bond donors (Lipinski definition) is 1. The first-order valence-electron chi connectivity index (χ1n) is 6.33. The van der Waals surface area contributed by atoms with Gasteiger partial charge in [-0.05, 0) is 32.1 Å². The van der Waals surface area contributed by atoms with E-state index in [-0.39, 0.29) is 5.95 Å². The highest BCUT2D eigenvalue weighted by molar-refractivity contribution is 5.25. The van der Waals surface area contributed by atoms with E-state index in [4.69, 9.17) is 0 Å². The molecular formula is C12H19F3N4. The molecule has 0 aliphatic rings. The monoisotopic (exact) mass is 276 g/mol. The number of anilines is 1. The van der Waals surface area contributed by atoms with Crippen LogP contribution < -0.4 is 5.32 Å². The second kappa shape index (κ2) is 7.28. The van der Waals surface area contributed by atoms with Crippen LogP contribution in [0.25, 0.3) is 0 Å². The van der Waals surface area contributed by atoms with Gasteiger partial charge in [0, 0.05) is 12.7 Å². The Labute approximate surface area is 111 Å². The number of rotatable bonds is 7. The molecule has 0 bridgehead atoms. The highest BCUT2D eigenvalue weighted by Crippen LogP contribution is 2.27. The Kier molecular flexibility index (Phi) is 6.01. The van der Waals surface area contributed by atoms with Crippen LogP contribution in [0.4, 0.5) is 19.1 Å². The minimum atomic E-state index is -4.43. The minimum Gasteiger partial charge on any atom is -0.354 e. The third-order valence-electron chi connectivity index (χ3n) is 2.77. The van der Waals surface area contributed by atoms with E-state index in [2.05, 4.69) is 34.0 Å². The second-order valence-corrected chi connectivity index (χ2v) is 4.07. The Morgan fingerprint density at radius 2 is 1.95 bits per heavy atom. The van der Waals surface area contributed by atoms with Crippen molar-refractivity contribution in [3.63, 3.8) is 0 Å². The third-order valence-corrected chi connectivity index (χ3v) is 2.77. The van der Waals surface area contributed by atoms with Crippen LogP contribution in [-0.2, 0) is 6.18 Å². The molecule has 108 valence electrons. The van der Waals surface area contributed by atoms with E-state index in [9.17, 15) is 13.2 Å². The molecule has 0 aliphatic carbocycles. The van der Waals surface area contributed by atoms with Crippen LogP contribution in [-0.4, -0.2) is 41.0 Å². The Morgan fingerprint density at radius 1 is 1.26 bits per heavy atom. The van der Waals surface area contributed by atoms with Crippen molar-refractivity contribution in [3.05, 3.63) is 18.0 Å². The van der Waals surface area contributed by atoms with E-state index >= 15 is 0 Å². The summed E-state index contributed by atoms with van der Waals surface area (Å²) in [6.45, 7) is 7.55. The van der Waals surface area contributed by atoms with Crippen LogP contribution in [0.2, 0.25) is 0 Å². The zero-order valence-corrected chi connectivity index (χ0v) is 11.2. The number of alkyl halides is 3. The molecule has 0 amide bonds. The molecule has 1 aromatic heterocycles. The summed E-state index contributed by atoms with van der Waals surface area (Å²) in [5.74, 6) is 0.0226. The normalized spacial score (nSPS) is 11.9. The molecule has 4 nitrogen and oxygen atoms in total. The van der Waals surface area contributed by atoms with E-state index in [0.29, 0.717) is 6.54 Å².